The highest BCUT2D eigenvalue weighted by atomic mass is 16.2. The summed E-state index contributed by atoms with van der Waals surface area (Å²) in [6, 6.07) is 5.96. The molecule has 0 fully saturated rings. The Morgan fingerprint density at radius 1 is 1.40 bits per heavy atom. The number of hydrogen-bond donors (Lipinski definition) is 1. The maximum Gasteiger partial charge on any atom is 0.227 e. The standard InChI is InChI=1S/C12H18N2O/c1-9-5-4-6-11(10(9)2)14(3)12(15)7-8-13/h4-6H,7-8,13H2,1-3H3. The number of carbonyl (C=O) groups excluding carboxylic acids is 1. The highest BCUT2D eigenvalue weighted by molar-refractivity contribution is 5.93. The van der Waals surface area contributed by atoms with Crippen LogP contribution < -0.4 is 10.6 Å². The third-order valence-electron chi connectivity index (χ3n) is 2.67. The molecule has 1 rings (SSSR count). The number of aryl methyl sites for hydroxylation is 1. The van der Waals surface area contributed by atoms with Gasteiger partial charge in [0.05, 0.1) is 0 Å². The van der Waals surface area contributed by atoms with Crippen molar-refractivity contribution in [3.05, 3.63) is 29.3 Å². The molecule has 0 spiro atoms. The first-order valence-electron chi connectivity index (χ1n) is 5.10. The molecule has 0 unspecified atom stereocenters. The van der Waals surface area contributed by atoms with Crippen LogP contribution in [0.5, 0.6) is 0 Å². The number of anilines is 1. The summed E-state index contributed by atoms with van der Waals surface area (Å²) in [6.45, 7) is 4.46. The van der Waals surface area contributed by atoms with E-state index in [4.69, 9.17) is 5.73 Å². The van der Waals surface area contributed by atoms with Crippen molar-refractivity contribution >= 4 is 11.6 Å². The van der Waals surface area contributed by atoms with Crippen molar-refractivity contribution in [2.45, 2.75) is 20.3 Å². The first kappa shape index (κ1) is 11.7. The van der Waals surface area contributed by atoms with Gasteiger partial charge in [-0.25, -0.2) is 0 Å². The van der Waals surface area contributed by atoms with Crippen LogP contribution in [0, 0.1) is 13.8 Å². The summed E-state index contributed by atoms with van der Waals surface area (Å²) in [5.41, 5.74) is 8.67. The lowest BCUT2D eigenvalue weighted by Gasteiger charge is -2.20. The van der Waals surface area contributed by atoms with E-state index in [1.165, 1.54) is 5.56 Å². The predicted molar refractivity (Wildman–Crippen MR) is 63.0 cm³/mol. The highest BCUT2D eigenvalue weighted by Crippen LogP contribution is 2.21. The zero-order chi connectivity index (χ0) is 11.4. The fourth-order valence-electron chi connectivity index (χ4n) is 1.52. The molecule has 1 aromatic carbocycles. The summed E-state index contributed by atoms with van der Waals surface area (Å²) in [5.74, 6) is 0.0613. The molecular formula is C12H18N2O. The third kappa shape index (κ3) is 2.57. The van der Waals surface area contributed by atoms with Crippen LogP contribution in [-0.2, 0) is 4.79 Å². The van der Waals surface area contributed by atoms with Crippen LogP contribution in [0.25, 0.3) is 0 Å². The van der Waals surface area contributed by atoms with E-state index >= 15 is 0 Å². The van der Waals surface area contributed by atoms with Crippen molar-refractivity contribution in [3.63, 3.8) is 0 Å². The lowest BCUT2D eigenvalue weighted by Crippen LogP contribution is -2.28. The van der Waals surface area contributed by atoms with Gasteiger partial charge in [-0.05, 0) is 31.0 Å². The number of carbonyl (C=O) groups is 1. The van der Waals surface area contributed by atoms with E-state index < -0.39 is 0 Å². The maximum atomic E-state index is 11.7. The summed E-state index contributed by atoms with van der Waals surface area (Å²) in [4.78, 5) is 13.3. The molecule has 0 radical (unpaired) electrons. The number of amides is 1. The minimum absolute atomic E-state index is 0.0613. The normalized spacial score (nSPS) is 10.1. The summed E-state index contributed by atoms with van der Waals surface area (Å²) < 4.78 is 0. The summed E-state index contributed by atoms with van der Waals surface area (Å²) in [5, 5.41) is 0. The Labute approximate surface area is 90.9 Å². The van der Waals surface area contributed by atoms with Crippen LogP contribution >= 0.6 is 0 Å². The molecular weight excluding hydrogens is 188 g/mol. The van der Waals surface area contributed by atoms with Crippen molar-refractivity contribution in [2.24, 2.45) is 5.73 Å². The van der Waals surface area contributed by atoms with Gasteiger partial charge in [0, 0.05) is 25.7 Å². The number of hydrogen-bond acceptors (Lipinski definition) is 2. The maximum absolute atomic E-state index is 11.7. The quantitative estimate of drug-likeness (QED) is 0.816. The van der Waals surface area contributed by atoms with Crippen molar-refractivity contribution in [1.29, 1.82) is 0 Å². The molecule has 0 aromatic heterocycles. The zero-order valence-corrected chi connectivity index (χ0v) is 9.58. The largest absolute Gasteiger partial charge is 0.330 e. The van der Waals surface area contributed by atoms with Crippen molar-refractivity contribution in [1.82, 2.24) is 0 Å². The summed E-state index contributed by atoms with van der Waals surface area (Å²) in [6.07, 6.45) is 0.393. The van der Waals surface area contributed by atoms with Crippen molar-refractivity contribution in [2.75, 3.05) is 18.5 Å². The number of benzene rings is 1. The minimum atomic E-state index is 0.0613. The fourth-order valence-corrected chi connectivity index (χ4v) is 1.52. The van der Waals surface area contributed by atoms with Gasteiger partial charge in [0.2, 0.25) is 5.91 Å². The molecule has 82 valence electrons. The van der Waals surface area contributed by atoms with Crippen LogP contribution in [0.15, 0.2) is 18.2 Å². The van der Waals surface area contributed by atoms with Gasteiger partial charge in [-0.15, -0.1) is 0 Å². The molecule has 1 amide bonds. The van der Waals surface area contributed by atoms with E-state index in [-0.39, 0.29) is 5.91 Å². The van der Waals surface area contributed by atoms with Gasteiger partial charge in [-0.3, -0.25) is 4.79 Å². The Morgan fingerprint density at radius 2 is 2.07 bits per heavy atom. The fraction of sp³-hybridized carbons (Fsp3) is 0.417. The van der Waals surface area contributed by atoms with E-state index in [0.29, 0.717) is 13.0 Å². The molecule has 0 saturated carbocycles. The molecule has 0 aliphatic carbocycles. The van der Waals surface area contributed by atoms with Crippen LogP contribution in [0.4, 0.5) is 5.69 Å². The molecule has 0 atom stereocenters. The van der Waals surface area contributed by atoms with Gasteiger partial charge in [-0.1, -0.05) is 12.1 Å². The first-order chi connectivity index (χ1) is 7.07. The molecule has 0 saturated heterocycles. The molecule has 3 nitrogen and oxygen atoms in total. The smallest absolute Gasteiger partial charge is 0.227 e. The highest BCUT2D eigenvalue weighted by Gasteiger charge is 2.12. The van der Waals surface area contributed by atoms with Crippen LogP contribution in [0.3, 0.4) is 0 Å². The Balaban J connectivity index is 2.96. The number of nitrogens with zero attached hydrogens (tertiary/aromatic N) is 1. The second-order valence-corrected chi connectivity index (χ2v) is 3.71. The van der Waals surface area contributed by atoms with Crippen molar-refractivity contribution in [3.8, 4) is 0 Å². The molecule has 2 N–H and O–H groups in total. The third-order valence-corrected chi connectivity index (χ3v) is 2.67. The lowest BCUT2D eigenvalue weighted by molar-refractivity contribution is -0.118. The Hall–Kier alpha value is -1.35. The molecule has 0 aliphatic rings. The van der Waals surface area contributed by atoms with Gasteiger partial charge < -0.3 is 10.6 Å². The topological polar surface area (TPSA) is 46.3 Å². The molecule has 0 heterocycles. The first-order valence-corrected chi connectivity index (χ1v) is 5.10. The lowest BCUT2D eigenvalue weighted by atomic mass is 10.1. The zero-order valence-electron chi connectivity index (χ0n) is 9.58. The molecule has 3 heteroatoms. The van der Waals surface area contributed by atoms with Crippen LogP contribution in [0.2, 0.25) is 0 Å². The number of nitrogens with two attached hydrogens (primary N) is 1. The number of rotatable bonds is 3. The van der Waals surface area contributed by atoms with E-state index in [0.717, 1.165) is 11.3 Å². The van der Waals surface area contributed by atoms with E-state index in [9.17, 15) is 4.79 Å². The average Bonchev–Trinajstić information content (AvgIpc) is 2.21. The second kappa shape index (κ2) is 4.94. The Kier molecular flexibility index (Phi) is 3.86. The molecule has 1 aromatic rings. The second-order valence-electron chi connectivity index (χ2n) is 3.71. The van der Waals surface area contributed by atoms with Gasteiger partial charge in [-0.2, -0.15) is 0 Å². The van der Waals surface area contributed by atoms with E-state index in [1.54, 1.807) is 11.9 Å². The van der Waals surface area contributed by atoms with Gasteiger partial charge in [0.25, 0.3) is 0 Å². The monoisotopic (exact) mass is 206 g/mol. The summed E-state index contributed by atoms with van der Waals surface area (Å²) >= 11 is 0. The molecule has 0 aliphatic heterocycles. The van der Waals surface area contributed by atoms with Crippen LogP contribution in [-0.4, -0.2) is 19.5 Å². The molecule has 15 heavy (non-hydrogen) atoms. The average molecular weight is 206 g/mol. The predicted octanol–water partition coefficient (Wildman–Crippen LogP) is 1.62. The van der Waals surface area contributed by atoms with Gasteiger partial charge in [0.1, 0.15) is 0 Å². The van der Waals surface area contributed by atoms with E-state index in [1.807, 2.05) is 32.0 Å². The summed E-state index contributed by atoms with van der Waals surface area (Å²) in [7, 11) is 1.79. The van der Waals surface area contributed by atoms with Gasteiger partial charge >= 0.3 is 0 Å². The minimum Gasteiger partial charge on any atom is -0.330 e. The Bertz CT molecular complexity index is 361. The molecule has 0 bridgehead atoms. The van der Waals surface area contributed by atoms with Crippen molar-refractivity contribution < 1.29 is 4.79 Å². The SMILES string of the molecule is Cc1cccc(N(C)C(=O)CCN)c1C. The van der Waals surface area contributed by atoms with E-state index in [2.05, 4.69) is 0 Å². The van der Waals surface area contributed by atoms with Crippen LogP contribution in [0.1, 0.15) is 17.5 Å². The van der Waals surface area contributed by atoms with Gasteiger partial charge in [0.15, 0.2) is 0 Å². The Morgan fingerprint density at radius 3 is 2.67 bits per heavy atom.